The van der Waals surface area contributed by atoms with Crippen molar-refractivity contribution < 1.29 is 13.2 Å². The Labute approximate surface area is 90.0 Å². The van der Waals surface area contributed by atoms with Crippen LogP contribution >= 0.6 is 0 Å². The number of sulfone groups is 1. The molecule has 0 spiro atoms. The molecule has 1 aromatic carbocycles. The van der Waals surface area contributed by atoms with Crippen LogP contribution in [-0.2, 0) is 9.84 Å². The molecule has 0 aromatic heterocycles. The summed E-state index contributed by atoms with van der Waals surface area (Å²) in [7, 11) is -3.13. The predicted octanol–water partition coefficient (Wildman–Crippen LogP) is 1.49. The van der Waals surface area contributed by atoms with Crippen LogP contribution < -0.4 is 4.74 Å². The quantitative estimate of drug-likeness (QED) is 0.731. The minimum absolute atomic E-state index is 0.288. The van der Waals surface area contributed by atoms with Crippen molar-refractivity contribution in [1.82, 2.24) is 0 Å². The maximum Gasteiger partial charge on any atom is 0.175 e. The maximum absolute atomic E-state index is 11.1. The monoisotopic (exact) mass is 224 g/mol. The Morgan fingerprint density at radius 2 is 1.87 bits per heavy atom. The van der Waals surface area contributed by atoms with Gasteiger partial charge in [-0.05, 0) is 31.2 Å². The summed E-state index contributed by atoms with van der Waals surface area (Å²) >= 11 is 0. The highest BCUT2D eigenvalue weighted by molar-refractivity contribution is 7.90. The lowest BCUT2D eigenvalue weighted by Gasteiger charge is -2.02. The van der Waals surface area contributed by atoms with E-state index in [-0.39, 0.29) is 4.90 Å². The van der Waals surface area contributed by atoms with Crippen molar-refractivity contribution in [2.75, 3.05) is 12.9 Å². The molecule has 0 heterocycles. The third-order valence-electron chi connectivity index (χ3n) is 1.74. The summed E-state index contributed by atoms with van der Waals surface area (Å²) in [4.78, 5) is 0.288. The third kappa shape index (κ3) is 3.64. The second kappa shape index (κ2) is 4.85. The molecule has 0 fully saturated rings. The molecule has 0 bridgehead atoms. The van der Waals surface area contributed by atoms with Gasteiger partial charge in [0.1, 0.15) is 12.4 Å². The van der Waals surface area contributed by atoms with Gasteiger partial charge in [-0.15, -0.1) is 5.92 Å². The van der Waals surface area contributed by atoms with Gasteiger partial charge in [0.25, 0.3) is 0 Å². The summed E-state index contributed by atoms with van der Waals surface area (Å²) in [5.74, 6) is 6.07. The molecule has 0 N–H and O–H groups in total. The first kappa shape index (κ1) is 11.6. The van der Waals surface area contributed by atoms with Crippen LogP contribution in [-0.4, -0.2) is 21.3 Å². The predicted molar refractivity (Wildman–Crippen MR) is 58.5 cm³/mol. The zero-order chi connectivity index (χ0) is 11.3. The molecular formula is C11H12O3S. The highest BCUT2D eigenvalue weighted by atomic mass is 32.2. The van der Waals surface area contributed by atoms with Crippen LogP contribution in [0.2, 0.25) is 0 Å². The largest absolute Gasteiger partial charge is 0.481 e. The maximum atomic E-state index is 11.1. The highest BCUT2D eigenvalue weighted by Gasteiger charge is 2.05. The van der Waals surface area contributed by atoms with Crippen molar-refractivity contribution in [2.24, 2.45) is 0 Å². The van der Waals surface area contributed by atoms with E-state index < -0.39 is 9.84 Å². The molecule has 0 radical (unpaired) electrons. The van der Waals surface area contributed by atoms with Crippen molar-refractivity contribution in [3.05, 3.63) is 24.3 Å². The Kier molecular flexibility index (Phi) is 3.75. The molecule has 4 heteroatoms. The molecule has 15 heavy (non-hydrogen) atoms. The van der Waals surface area contributed by atoms with Gasteiger partial charge >= 0.3 is 0 Å². The lowest BCUT2D eigenvalue weighted by Crippen LogP contribution is -1.98. The van der Waals surface area contributed by atoms with E-state index in [9.17, 15) is 8.42 Å². The Morgan fingerprint density at radius 3 is 2.33 bits per heavy atom. The molecule has 0 aliphatic carbocycles. The first-order valence-corrected chi connectivity index (χ1v) is 6.25. The topological polar surface area (TPSA) is 43.4 Å². The smallest absolute Gasteiger partial charge is 0.175 e. The van der Waals surface area contributed by atoms with Crippen molar-refractivity contribution in [1.29, 1.82) is 0 Å². The van der Waals surface area contributed by atoms with E-state index in [2.05, 4.69) is 11.8 Å². The van der Waals surface area contributed by atoms with E-state index in [4.69, 9.17) is 4.74 Å². The van der Waals surface area contributed by atoms with Crippen molar-refractivity contribution in [3.63, 3.8) is 0 Å². The first-order chi connectivity index (χ1) is 7.04. The van der Waals surface area contributed by atoms with Crippen molar-refractivity contribution in [2.45, 2.75) is 11.8 Å². The zero-order valence-corrected chi connectivity index (χ0v) is 9.47. The zero-order valence-electron chi connectivity index (χ0n) is 8.65. The van der Waals surface area contributed by atoms with Gasteiger partial charge in [0.15, 0.2) is 9.84 Å². The van der Waals surface area contributed by atoms with Gasteiger partial charge in [-0.25, -0.2) is 8.42 Å². The number of hydrogen-bond acceptors (Lipinski definition) is 3. The second-order valence-corrected chi connectivity index (χ2v) is 4.97. The van der Waals surface area contributed by atoms with Crippen LogP contribution in [0.3, 0.4) is 0 Å². The SMILES string of the molecule is CC#CCOc1ccc(S(C)(=O)=O)cc1. The highest BCUT2D eigenvalue weighted by Crippen LogP contribution is 2.15. The first-order valence-electron chi connectivity index (χ1n) is 4.36. The third-order valence-corrected chi connectivity index (χ3v) is 2.87. The van der Waals surface area contributed by atoms with Crippen LogP contribution in [0.5, 0.6) is 5.75 Å². The fraction of sp³-hybridized carbons (Fsp3) is 0.273. The van der Waals surface area contributed by atoms with Crippen molar-refractivity contribution >= 4 is 9.84 Å². The molecule has 0 unspecified atom stereocenters. The molecule has 0 aliphatic rings. The van der Waals surface area contributed by atoms with E-state index in [1.807, 2.05) is 0 Å². The molecule has 3 nitrogen and oxygen atoms in total. The molecular weight excluding hydrogens is 212 g/mol. The summed E-state index contributed by atoms with van der Waals surface area (Å²) in [6.45, 7) is 2.05. The number of ether oxygens (including phenoxy) is 1. The normalized spacial score (nSPS) is 10.3. The molecule has 0 saturated heterocycles. The standard InChI is InChI=1S/C11H12O3S/c1-3-4-9-14-10-5-7-11(8-6-10)15(2,12)13/h5-8H,9H2,1-2H3. The van der Waals surface area contributed by atoms with Crippen LogP contribution in [0.1, 0.15) is 6.92 Å². The Morgan fingerprint density at radius 1 is 1.27 bits per heavy atom. The van der Waals surface area contributed by atoms with Gasteiger partial charge < -0.3 is 4.74 Å². The molecule has 1 aromatic rings. The number of hydrogen-bond donors (Lipinski definition) is 0. The average Bonchev–Trinajstić information content (AvgIpc) is 2.18. The van der Waals surface area contributed by atoms with E-state index in [0.717, 1.165) is 0 Å². The lowest BCUT2D eigenvalue weighted by molar-refractivity contribution is 0.370. The summed E-state index contributed by atoms with van der Waals surface area (Å²) in [5, 5.41) is 0. The van der Waals surface area contributed by atoms with Gasteiger partial charge in [-0.3, -0.25) is 0 Å². The van der Waals surface area contributed by atoms with Crippen LogP contribution in [0.15, 0.2) is 29.2 Å². The second-order valence-electron chi connectivity index (χ2n) is 2.96. The van der Waals surface area contributed by atoms with Crippen LogP contribution in [0.4, 0.5) is 0 Å². The summed E-state index contributed by atoms with van der Waals surface area (Å²) in [6.07, 6.45) is 1.17. The summed E-state index contributed by atoms with van der Waals surface area (Å²) in [5.41, 5.74) is 0. The fourth-order valence-electron chi connectivity index (χ4n) is 0.975. The van der Waals surface area contributed by atoms with E-state index >= 15 is 0 Å². The van der Waals surface area contributed by atoms with Gasteiger partial charge in [0.2, 0.25) is 0 Å². The Balaban J connectivity index is 2.76. The van der Waals surface area contributed by atoms with E-state index in [0.29, 0.717) is 12.4 Å². The van der Waals surface area contributed by atoms with Gasteiger partial charge in [0, 0.05) is 6.26 Å². The van der Waals surface area contributed by atoms with Gasteiger partial charge in [0.05, 0.1) is 4.90 Å². The average molecular weight is 224 g/mol. The van der Waals surface area contributed by atoms with Crippen LogP contribution in [0.25, 0.3) is 0 Å². The minimum Gasteiger partial charge on any atom is -0.481 e. The number of rotatable bonds is 3. The summed E-state index contributed by atoms with van der Waals surface area (Å²) < 4.78 is 27.5. The Hall–Kier alpha value is -1.47. The van der Waals surface area contributed by atoms with Gasteiger partial charge in [-0.1, -0.05) is 5.92 Å². The molecule has 80 valence electrons. The number of benzene rings is 1. The molecule has 1 rings (SSSR count). The molecule has 0 atom stereocenters. The molecule has 0 aliphatic heterocycles. The molecule has 0 saturated carbocycles. The summed E-state index contributed by atoms with van der Waals surface area (Å²) in [6, 6.07) is 6.27. The minimum atomic E-state index is -3.13. The van der Waals surface area contributed by atoms with Gasteiger partial charge in [-0.2, -0.15) is 0 Å². The van der Waals surface area contributed by atoms with Crippen molar-refractivity contribution in [3.8, 4) is 17.6 Å². The lowest BCUT2D eigenvalue weighted by atomic mass is 10.3. The molecule has 0 amide bonds. The van der Waals surface area contributed by atoms with E-state index in [1.54, 1.807) is 19.1 Å². The Bertz CT molecular complexity index is 475. The fourth-order valence-corrected chi connectivity index (χ4v) is 1.61. The van der Waals surface area contributed by atoms with Crippen LogP contribution in [0, 0.1) is 11.8 Å². The van der Waals surface area contributed by atoms with E-state index in [1.165, 1.54) is 18.4 Å².